The van der Waals surface area contributed by atoms with Crippen molar-refractivity contribution in [3.63, 3.8) is 0 Å². The molecule has 0 spiro atoms. The van der Waals surface area contributed by atoms with E-state index in [0.717, 1.165) is 18.2 Å². The Hall–Kier alpha value is -1.53. The van der Waals surface area contributed by atoms with E-state index in [2.05, 4.69) is 20.7 Å². The van der Waals surface area contributed by atoms with Crippen LogP contribution in [0.1, 0.15) is 18.1 Å². The first-order valence-corrected chi connectivity index (χ1v) is 9.46. The maximum absolute atomic E-state index is 14.1. The SMILES string of the molecule is COC(CC(F)(F)C(F)(F)C(F)(F)C(F)(F)C(F)(F)C(F)(F)C(F)(F)C(F)(F)F)c1cccc(Br)c1. The molecule has 0 N–H and O–H groups in total. The van der Waals surface area contributed by atoms with Crippen molar-refractivity contribution in [3.8, 4) is 0 Å². The van der Waals surface area contributed by atoms with E-state index in [-0.39, 0.29) is 4.47 Å². The van der Waals surface area contributed by atoms with Crippen LogP contribution in [0.4, 0.5) is 74.6 Å². The van der Waals surface area contributed by atoms with Gasteiger partial charge in [0.2, 0.25) is 0 Å². The minimum Gasteiger partial charge on any atom is -0.377 e. The highest BCUT2D eigenvalue weighted by atomic mass is 79.9. The van der Waals surface area contributed by atoms with Gasteiger partial charge in [-0.05, 0) is 17.7 Å². The molecule has 0 aromatic heterocycles. The molecule has 0 aliphatic carbocycles. The average Bonchev–Trinajstić information content (AvgIpc) is 2.70. The Morgan fingerprint density at radius 2 is 1.03 bits per heavy atom. The lowest BCUT2D eigenvalue weighted by molar-refractivity contribution is -0.462. The predicted octanol–water partition coefficient (Wildman–Crippen LogP) is 8.54. The summed E-state index contributed by atoms with van der Waals surface area (Å²) in [6.45, 7) is 0. The van der Waals surface area contributed by atoms with Gasteiger partial charge in [-0.2, -0.15) is 74.6 Å². The smallest absolute Gasteiger partial charge is 0.377 e. The van der Waals surface area contributed by atoms with E-state index < -0.39 is 65.7 Å². The van der Waals surface area contributed by atoms with Crippen molar-refractivity contribution < 1.29 is 79.4 Å². The molecule has 0 amide bonds. The van der Waals surface area contributed by atoms with Crippen LogP contribution in [0.25, 0.3) is 0 Å². The summed E-state index contributed by atoms with van der Waals surface area (Å²) in [6, 6.07) is 4.04. The van der Waals surface area contributed by atoms with E-state index in [4.69, 9.17) is 0 Å². The average molecular weight is 633 g/mol. The highest BCUT2D eigenvalue weighted by Crippen LogP contribution is 2.64. The van der Waals surface area contributed by atoms with Gasteiger partial charge in [0.05, 0.1) is 6.10 Å². The van der Waals surface area contributed by atoms with Crippen molar-refractivity contribution in [3.05, 3.63) is 34.3 Å². The predicted molar refractivity (Wildman–Crippen MR) is 89.2 cm³/mol. The third kappa shape index (κ3) is 4.73. The van der Waals surface area contributed by atoms with Gasteiger partial charge >= 0.3 is 47.6 Å². The molecule has 1 atom stereocenters. The second-order valence-electron chi connectivity index (χ2n) is 7.13. The normalized spacial score (nSPS) is 16.3. The van der Waals surface area contributed by atoms with Crippen molar-refractivity contribution in [1.82, 2.24) is 0 Å². The lowest BCUT2D eigenvalue weighted by Crippen LogP contribution is -2.74. The molecule has 0 radical (unpaired) electrons. The van der Waals surface area contributed by atoms with Gasteiger partial charge in [-0.25, -0.2) is 0 Å². The number of rotatable bonds is 10. The van der Waals surface area contributed by atoms with Crippen molar-refractivity contribution in [1.29, 1.82) is 0 Å². The quantitative estimate of drug-likeness (QED) is 0.235. The number of methoxy groups -OCH3 is 1. The third-order valence-corrected chi connectivity index (χ3v) is 5.23. The Labute approximate surface area is 197 Å². The first-order chi connectivity index (χ1) is 15.7. The zero-order chi connectivity index (χ0) is 29.0. The van der Waals surface area contributed by atoms with Crippen molar-refractivity contribution >= 4 is 15.9 Å². The summed E-state index contributed by atoms with van der Waals surface area (Å²) >= 11 is 2.80. The Morgan fingerprint density at radius 3 is 1.39 bits per heavy atom. The number of ether oxygens (including phenoxy) is 1. The molecule has 0 bridgehead atoms. The molecular weight excluding hydrogens is 623 g/mol. The van der Waals surface area contributed by atoms with Crippen molar-refractivity contribution in [2.24, 2.45) is 0 Å². The van der Waals surface area contributed by atoms with E-state index in [1.807, 2.05) is 0 Å². The van der Waals surface area contributed by atoms with Crippen LogP contribution in [0, 0.1) is 0 Å². The summed E-state index contributed by atoms with van der Waals surface area (Å²) in [5, 5.41) is 0. The molecule has 1 rings (SSSR count). The third-order valence-electron chi connectivity index (χ3n) is 4.73. The summed E-state index contributed by atoms with van der Waals surface area (Å²) in [6.07, 6.45) is -12.8. The summed E-state index contributed by atoms with van der Waals surface area (Å²) in [5.41, 5.74) is -0.501. The van der Waals surface area contributed by atoms with Crippen LogP contribution >= 0.6 is 15.9 Å². The first kappa shape index (κ1) is 32.5. The van der Waals surface area contributed by atoms with Crippen LogP contribution in [-0.2, 0) is 4.74 Å². The standard InChI is InChI=1S/C17H10BrF17O/c1-36-9(7-3-2-4-8(18)5-7)6-10(19,20)11(21,22)12(23,24)13(25,26)14(27,28)15(29,30)16(31,32)17(33,34)35/h2-5,9H,6H2,1H3. The van der Waals surface area contributed by atoms with Crippen LogP contribution in [0.5, 0.6) is 0 Å². The fraction of sp³-hybridized carbons (Fsp3) is 0.647. The Balaban J connectivity index is 3.58. The van der Waals surface area contributed by atoms with Crippen LogP contribution in [-0.4, -0.2) is 54.7 Å². The lowest BCUT2D eigenvalue weighted by atomic mass is 9.87. The molecule has 1 unspecified atom stereocenters. The summed E-state index contributed by atoms with van der Waals surface area (Å²) in [5.74, 6) is -56.5. The molecule has 0 aliphatic rings. The number of benzene rings is 1. The van der Waals surface area contributed by atoms with Gasteiger partial charge in [-0.3, -0.25) is 0 Å². The molecule has 1 nitrogen and oxygen atoms in total. The molecule has 1 aromatic carbocycles. The van der Waals surface area contributed by atoms with Gasteiger partial charge in [0.25, 0.3) is 0 Å². The van der Waals surface area contributed by atoms with Crippen LogP contribution in [0.3, 0.4) is 0 Å². The highest BCUT2D eigenvalue weighted by Gasteiger charge is 2.95. The minimum absolute atomic E-state index is 0.0569. The molecule has 36 heavy (non-hydrogen) atoms. The highest BCUT2D eigenvalue weighted by molar-refractivity contribution is 9.10. The number of alkyl halides is 17. The molecular formula is C17H10BrF17O. The van der Waals surface area contributed by atoms with Gasteiger partial charge in [0.1, 0.15) is 0 Å². The molecule has 1 aromatic rings. The summed E-state index contributed by atoms with van der Waals surface area (Å²) in [4.78, 5) is 0. The van der Waals surface area contributed by atoms with Crippen LogP contribution in [0.15, 0.2) is 28.7 Å². The Kier molecular flexibility index (Phi) is 8.43. The van der Waals surface area contributed by atoms with Gasteiger partial charge in [-0.15, -0.1) is 0 Å². The largest absolute Gasteiger partial charge is 0.460 e. The minimum atomic E-state index is -8.65. The fourth-order valence-electron chi connectivity index (χ4n) is 2.60. The van der Waals surface area contributed by atoms with Gasteiger partial charge in [0, 0.05) is 18.0 Å². The van der Waals surface area contributed by atoms with E-state index in [1.165, 1.54) is 6.07 Å². The molecule has 19 heteroatoms. The van der Waals surface area contributed by atoms with E-state index in [1.54, 1.807) is 0 Å². The first-order valence-electron chi connectivity index (χ1n) is 8.67. The molecule has 0 saturated carbocycles. The molecule has 0 heterocycles. The zero-order valence-corrected chi connectivity index (χ0v) is 18.4. The monoisotopic (exact) mass is 632 g/mol. The van der Waals surface area contributed by atoms with E-state index in [0.29, 0.717) is 7.11 Å². The molecule has 0 aliphatic heterocycles. The molecule has 0 fully saturated rings. The van der Waals surface area contributed by atoms with Gasteiger partial charge in [0.15, 0.2) is 0 Å². The summed E-state index contributed by atoms with van der Waals surface area (Å²) in [7, 11) is 0.528. The van der Waals surface area contributed by atoms with E-state index >= 15 is 0 Å². The topological polar surface area (TPSA) is 9.23 Å². The van der Waals surface area contributed by atoms with Gasteiger partial charge in [-0.1, -0.05) is 28.1 Å². The molecule has 210 valence electrons. The second kappa shape index (κ2) is 9.34. The second-order valence-corrected chi connectivity index (χ2v) is 8.05. The number of hydrogen-bond donors (Lipinski definition) is 0. The van der Waals surface area contributed by atoms with Crippen molar-refractivity contribution in [2.75, 3.05) is 7.11 Å². The van der Waals surface area contributed by atoms with Crippen LogP contribution < -0.4 is 0 Å². The van der Waals surface area contributed by atoms with Crippen LogP contribution in [0.2, 0.25) is 0 Å². The lowest BCUT2D eigenvalue weighted by Gasteiger charge is -2.43. The summed E-state index contributed by atoms with van der Waals surface area (Å²) < 4.78 is 231. The Bertz CT molecular complexity index is 924. The number of hydrogen-bond acceptors (Lipinski definition) is 1. The fourth-order valence-corrected chi connectivity index (χ4v) is 3.02. The zero-order valence-electron chi connectivity index (χ0n) is 16.8. The van der Waals surface area contributed by atoms with Crippen molar-refractivity contribution in [2.45, 2.75) is 60.2 Å². The maximum atomic E-state index is 14.1. The maximum Gasteiger partial charge on any atom is 0.460 e. The molecule has 0 saturated heterocycles. The Morgan fingerprint density at radius 1 is 0.639 bits per heavy atom. The van der Waals surface area contributed by atoms with Gasteiger partial charge < -0.3 is 4.74 Å². The van der Waals surface area contributed by atoms with E-state index in [9.17, 15) is 74.6 Å². The number of halogens is 18.